The number of ether oxygens (including phenoxy) is 2. The molecule has 3 amide bonds. The lowest BCUT2D eigenvalue weighted by Gasteiger charge is -2.13. The highest BCUT2D eigenvalue weighted by atomic mass is 35.5. The van der Waals surface area contributed by atoms with Gasteiger partial charge in [0.1, 0.15) is 18.1 Å². The van der Waals surface area contributed by atoms with Crippen LogP contribution in [-0.2, 0) is 9.59 Å². The van der Waals surface area contributed by atoms with Crippen molar-refractivity contribution >= 4 is 52.2 Å². The van der Waals surface area contributed by atoms with Crippen molar-refractivity contribution in [3.8, 4) is 11.5 Å². The number of benzene rings is 3. The SMILES string of the molecule is O=C(COc1ccccc1/C=C1\SC(=O)N(CCOc2ccccc2)C1=O)Nc1ccccc1Cl. The monoisotopic (exact) mass is 508 g/mol. The molecule has 1 aliphatic rings. The van der Waals surface area contributed by atoms with Crippen LogP contribution < -0.4 is 14.8 Å². The first kappa shape index (κ1) is 24.4. The molecule has 0 aromatic heterocycles. The minimum Gasteiger partial charge on any atom is -0.492 e. The number of carbonyl (C=O) groups is 3. The van der Waals surface area contributed by atoms with Crippen molar-refractivity contribution in [2.24, 2.45) is 0 Å². The van der Waals surface area contributed by atoms with Crippen LogP contribution in [-0.4, -0.2) is 41.7 Å². The highest BCUT2D eigenvalue weighted by molar-refractivity contribution is 8.18. The van der Waals surface area contributed by atoms with Crippen molar-refractivity contribution in [3.05, 3.63) is 94.4 Å². The second-order valence-electron chi connectivity index (χ2n) is 7.35. The first-order chi connectivity index (χ1) is 17.0. The van der Waals surface area contributed by atoms with E-state index < -0.39 is 5.91 Å². The number of anilines is 1. The molecule has 3 aromatic carbocycles. The molecule has 3 aromatic rings. The van der Waals surface area contributed by atoms with E-state index in [1.807, 2.05) is 18.2 Å². The Balaban J connectivity index is 1.37. The van der Waals surface area contributed by atoms with Crippen LogP contribution in [0.1, 0.15) is 5.56 Å². The van der Waals surface area contributed by atoms with E-state index >= 15 is 0 Å². The van der Waals surface area contributed by atoms with Gasteiger partial charge in [0.25, 0.3) is 17.1 Å². The summed E-state index contributed by atoms with van der Waals surface area (Å²) in [6, 6.07) is 23.0. The van der Waals surface area contributed by atoms with Gasteiger partial charge < -0.3 is 14.8 Å². The third-order valence-corrected chi connectivity index (χ3v) is 6.15. The topological polar surface area (TPSA) is 84.9 Å². The Bertz CT molecular complexity index is 1270. The summed E-state index contributed by atoms with van der Waals surface area (Å²) in [5.41, 5.74) is 1.06. The van der Waals surface area contributed by atoms with Gasteiger partial charge in [0.2, 0.25) is 0 Å². The van der Waals surface area contributed by atoms with Crippen molar-refractivity contribution in [3.63, 3.8) is 0 Å². The highest BCUT2D eigenvalue weighted by Crippen LogP contribution is 2.34. The number of para-hydroxylation sites is 3. The molecule has 0 bridgehead atoms. The largest absolute Gasteiger partial charge is 0.492 e. The molecule has 1 fully saturated rings. The minimum atomic E-state index is -0.400. The Morgan fingerprint density at radius 1 is 0.943 bits per heavy atom. The summed E-state index contributed by atoms with van der Waals surface area (Å²) in [7, 11) is 0. The maximum atomic E-state index is 12.8. The molecule has 0 unspecified atom stereocenters. The van der Waals surface area contributed by atoms with Crippen LogP contribution in [0.5, 0.6) is 11.5 Å². The number of rotatable bonds is 9. The molecule has 0 atom stereocenters. The van der Waals surface area contributed by atoms with Gasteiger partial charge in [-0.1, -0.05) is 60.1 Å². The van der Waals surface area contributed by atoms with Gasteiger partial charge in [-0.15, -0.1) is 0 Å². The van der Waals surface area contributed by atoms with Gasteiger partial charge in [-0.3, -0.25) is 19.3 Å². The quantitative estimate of drug-likeness (QED) is 0.386. The molecule has 0 aliphatic carbocycles. The summed E-state index contributed by atoms with van der Waals surface area (Å²) in [4.78, 5) is 38.9. The van der Waals surface area contributed by atoms with Gasteiger partial charge >= 0.3 is 0 Å². The predicted octanol–water partition coefficient (Wildman–Crippen LogP) is 5.47. The van der Waals surface area contributed by atoms with Crippen LogP contribution in [0.25, 0.3) is 6.08 Å². The maximum Gasteiger partial charge on any atom is 0.293 e. The lowest BCUT2D eigenvalue weighted by molar-refractivity contribution is -0.123. The van der Waals surface area contributed by atoms with E-state index in [4.69, 9.17) is 21.1 Å². The number of halogens is 1. The van der Waals surface area contributed by atoms with E-state index in [2.05, 4.69) is 5.32 Å². The number of nitrogens with one attached hydrogen (secondary N) is 1. The molecule has 178 valence electrons. The molecule has 1 aliphatic heterocycles. The Hall–Kier alpha value is -3.75. The number of hydrogen-bond acceptors (Lipinski definition) is 6. The zero-order valence-corrected chi connectivity index (χ0v) is 20.1. The fourth-order valence-electron chi connectivity index (χ4n) is 3.23. The van der Waals surface area contributed by atoms with Crippen molar-refractivity contribution in [2.45, 2.75) is 0 Å². The number of hydrogen-bond donors (Lipinski definition) is 1. The zero-order chi connectivity index (χ0) is 24.6. The van der Waals surface area contributed by atoms with E-state index in [0.717, 1.165) is 16.7 Å². The van der Waals surface area contributed by atoms with Crippen LogP contribution >= 0.6 is 23.4 Å². The van der Waals surface area contributed by atoms with Crippen molar-refractivity contribution in [1.82, 2.24) is 4.90 Å². The van der Waals surface area contributed by atoms with Gasteiger partial charge in [0.05, 0.1) is 22.2 Å². The second kappa shape index (κ2) is 11.6. The van der Waals surface area contributed by atoms with Gasteiger partial charge in [-0.2, -0.15) is 0 Å². The lowest BCUT2D eigenvalue weighted by atomic mass is 10.2. The van der Waals surface area contributed by atoms with Crippen LogP contribution in [0.15, 0.2) is 83.8 Å². The Kier molecular flexibility index (Phi) is 8.07. The summed E-state index contributed by atoms with van der Waals surface area (Å²) in [6.07, 6.45) is 1.59. The van der Waals surface area contributed by atoms with Gasteiger partial charge in [-0.25, -0.2) is 0 Å². The molecule has 9 heteroatoms. The van der Waals surface area contributed by atoms with Crippen molar-refractivity contribution in [2.75, 3.05) is 25.1 Å². The Labute approximate surface area is 211 Å². The zero-order valence-electron chi connectivity index (χ0n) is 18.5. The molecule has 0 saturated carbocycles. The third kappa shape index (κ3) is 6.44. The number of imide groups is 1. The van der Waals surface area contributed by atoms with Gasteiger partial charge in [0.15, 0.2) is 6.61 Å². The van der Waals surface area contributed by atoms with E-state index in [1.165, 1.54) is 0 Å². The summed E-state index contributed by atoms with van der Waals surface area (Å²) in [5.74, 6) is 0.287. The molecular formula is C26H21ClN2O5S. The molecule has 35 heavy (non-hydrogen) atoms. The second-order valence-corrected chi connectivity index (χ2v) is 8.75. The van der Waals surface area contributed by atoms with E-state index in [9.17, 15) is 14.4 Å². The van der Waals surface area contributed by atoms with Crippen LogP contribution in [0.3, 0.4) is 0 Å². The van der Waals surface area contributed by atoms with Crippen LogP contribution in [0, 0.1) is 0 Å². The number of thioether (sulfide) groups is 1. The molecule has 1 heterocycles. The molecule has 0 radical (unpaired) electrons. The number of nitrogens with zero attached hydrogens (tertiary/aromatic N) is 1. The predicted molar refractivity (Wildman–Crippen MR) is 137 cm³/mol. The van der Waals surface area contributed by atoms with Crippen molar-refractivity contribution in [1.29, 1.82) is 0 Å². The first-order valence-corrected chi connectivity index (χ1v) is 11.9. The summed E-state index contributed by atoms with van der Waals surface area (Å²) in [5, 5.41) is 2.75. The fourth-order valence-corrected chi connectivity index (χ4v) is 4.27. The standard InChI is InChI=1S/C26H21ClN2O5S/c27-20-11-5-6-12-21(20)28-24(30)17-34-22-13-7-4-8-18(22)16-23-25(31)29(26(32)35-23)14-15-33-19-9-2-1-3-10-19/h1-13,16H,14-15,17H2,(H,28,30)/b23-16-. The molecular weight excluding hydrogens is 488 g/mol. The Morgan fingerprint density at radius 3 is 2.46 bits per heavy atom. The van der Waals surface area contributed by atoms with Gasteiger partial charge in [0, 0.05) is 5.56 Å². The summed E-state index contributed by atoms with van der Waals surface area (Å²) < 4.78 is 11.3. The normalized spacial score (nSPS) is 14.3. The number of carbonyl (C=O) groups excluding carboxylic acids is 3. The van der Waals surface area contributed by atoms with Crippen LogP contribution in [0.4, 0.5) is 10.5 Å². The van der Waals surface area contributed by atoms with E-state index in [0.29, 0.717) is 27.8 Å². The molecule has 1 saturated heterocycles. The molecule has 1 N–H and O–H groups in total. The van der Waals surface area contributed by atoms with E-state index in [1.54, 1.807) is 66.7 Å². The number of amides is 3. The highest BCUT2D eigenvalue weighted by Gasteiger charge is 2.35. The average molecular weight is 509 g/mol. The maximum absolute atomic E-state index is 12.8. The smallest absolute Gasteiger partial charge is 0.293 e. The molecule has 7 nitrogen and oxygen atoms in total. The fraction of sp³-hybridized carbons (Fsp3) is 0.115. The molecule has 0 spiro atoms. The van der Waals surface area contributed by atoms with E-state index in [-0.39, 0.29) is 35.8 Å². The van der Waals surface area contributed by atoms with Crippen LogP contribution in [0.2, 0.25) is 5.02 Å². The minimum absolute atomic E-state index is 0.136. The van der Waals surface area contributed by atoms with Gasteiger partial charge in [-0.05, 0) is 48.2 Å². The molecule has 4 rings (SSSR count). The summed E-state index contributed by atoms with van der Waals surface area (Å²) in [6.45, 7) is 0.0707. The first-order valence-electron chi connectivity index (χ1n) is 10.7. The average Bonchev–Trinajstić information content (AvgIpc) is 3.13. The Morgan fingerprint density at radius 2 is 1.66 bits per heavy atom. The van der Waals surface area contributed by atoms with Crippen molar-refractivity contribution < 1.29 is 23.9 Å². The summed E-state index contributed by atoms with van der Waals surface area (Å²) >= 11 is 6.92. The third-order valence-electron chi connectivity index (χ3n) is 4.91. The lowest BCUT2D eigenvalue weighted by Crippen LogP contribution is -2.32.